The van der Waals surface area contributed by atoms with Crippen LogP contribution in [-0.4, -0.2) is 40.7 Å². The molecule has 1 aromatic heterocycles. The Morgan fingerprint density at radius 1 is 1.33 bits per heavy atom. The molecule has 1 aromatic rings. The summed E-state index contributed by atoms with van der Waals surface area (Å²) in [6.45, 7) is 5.60. The third-order valence-corrected chi connectivity index (χ3v) is 4.49. The third-order valence-electron chi connectivity index (χ3n) is 3.18. The molecule has 6 nitrogen and oxygen atoms in total. The van der Waals surface area contributed by atoms with Crippen molar-refractivity contribution in [2.45, 2.75) is 31.8 Å². The van der Waals surface area contributed by atoms with Gasteiger partial charge in [0.1, 0.15) is 0 Å². The van der Waals surface area contributed by atoms with Crippen LogP contribution in [0.2, 0.25) is 0 Å². The second-order valence-corrected chi connectivity index (χ2v) is 7.48. The van der Waals surface area contributed by atoms with Crippen LogP contribution in [0, 0.1) is 5.41 Å². The topological polar surface area (TPSA) is 80.3 Å². The van der Waals surface area contributed by atoms with Gasteiger partial charge in [0.15, 0.2) is 5.03 Å². The van der Waals surface area contributed by atoms with E-state index in [1.54, 1.807) is 19.4 Å². The van der Waals surface area contributed by atoms with Crippen molar-refractivity contribution >= 4 is 10.0 Å². The van der Waals surface area contributed by atoms with Crippen molar-refractivity contribution in [2.24, 2.45) is 5.41 Å². The Morgan fingerprint density at radius 3 is 2.57 bits per heavy atom. The number of pyridine rings is 1. The van der Waals surface area contributed by atoms with E-state index in [9.17, 15) is 8.42 Å². The third kappa shape index (κ3) is 6.09. The van der Waals surface area contributed by atoms with Gasteiger partial charge in [-0.2, -0.15) is 0 Å². The van der Waals surface area contributed by atoms with Crippen molar-refractivity contribution in [1.29, 1.82) is 0 Å². The Labute approximate surface area is 127 Å². The van der Waals surface area contributed by atoms with Crippen molar-refractivity contribution in [1.82, 2.24) is 15.0 Å². The highest BCUT2D eigenvalue weighted by atomic mass is 32.2. The molecule has 0 aliphatic heterocycles. The second-order valence-electron chi connectivity index (χ2n) is 5.77. The first-order valence-corrected chi connectivity index (χ1v) is 8.37. The lowest BCUT2D eigenvalue weighted by atomic mass is 9.90. The van der Waals surface area contributed by atoms with Crippen molar-refractivity contribution in [3.8, 4) is 0 Å². The van der Waals surface area contributed by atoms with Gasteiger partial charge in [0.05, 0.1) is 0 Å². The predicted molar refractivity (Wildman–Crippen MR) is 82.5 cm³/mol. The van der Waals surface area contributed by atoms with E-state index in [4.69, 9.17) is 4.74 Å². The normalized spacial score (nSPS) is 12.6. The number of nitrogens with zero attached hydrogens (tertiary/aromatic N) is 1. The number of ether oxygens (including phenoxy) is 1. The van der Waals surface area contributed by atoms with Gasteiger partial charge >= 0.3 is 0 Å². The molecule has 2 N–H and O–H groups in total. The fraction of sp³-hybridized carbons (Fsp3) is 0.643. The highest BCUT2D eigenvalue weighted by Crippen LogP contribution is 2.19. The average molecular weight is 315 g/mol. The van der Waals surface area contributed by atoms with Crippen molar-refractivity contribution < 1.29 is 13.2 Å². The van der Waals surface area contributed by atoms with Crippen LogP contribution in [0.4, 0.5) is 0 Å². The first-order valence-electron chi connectivity index (χ1n) is 6.89. The minimum absolute atomic E-state index is 0.0462. The molecule has 0 aromatic carbocycles. The number of rotatable bonds is 9. The van der Waals surface area contributed by atoms with Crippen molar-refractivity contribution in [3.63, 3.8) is 0 Å². The molecule has 0 unspecified atom stereocenters. The number of sulfonamides is 1. The lowest BCUT2D eigenvalue weighted by molar-refractivity contribution is 0.153. The lowest BCUT2D eigenvalue weighted by Crippen LogP contribution is -2.35. The van der Waals surface area contributed by atoms with Crippen LogP contribution in [0.15, 0.2) is 23.4 Å². The quantitative estimate of drug-likeness (QED) is 0.714. The fourth-order valence-electron chi connectivity index (χ4n) is 1.71. The van der Waals surface area contributed by atoms with Crippen LogP contribution in [0.1, 0.15) is 25.8 Å². The zero-order valence-corrected chi connectivity index (χ0v) is 14.0. The molecule has 0 saturated carbocycles. The summed E-state index contributed by atoms with van der Waals surface area (Å²) in [5.41, 5.74) is 0.770. The van der Waals surface area contributed by atoms with Gasteiger partial charge in [-0.3, -0.25) is 0 Å². The van der Waals surface area contributed by atoms with Gasteiger partial charge in [0, 0.05) is 33.0 Å². The van der Waals surface area contributed by atoms with Crippen molar-refractivity contribution in [2.75, 3.05) is 27.3 Å². The Balaban J connectivity index is 2.68. The first kappa shape index (κ1) is 18.0. The SMILES string of the molecule is CNCc1ccc(S(=O)(=O)NCC(C)(C)CCOC)nc1. The molecule has 0 atom stereocenters. The molecular formula is C14H25N3O3S. The number of hydrogen-bond acceptors (Lipinski definition) is 5. The molecule has 1 heterocycles. The molecule has 0 aliphatic rings. The predicted octanol–water partition coefficient (Wildman–Crippen LogP) is 1.14. The molecule has 0 bridgehead atoms. The van der Waals surface area contributed by atoms with Gasteiger partial charge in [0.25, 0.3) is 10.0 Å². The summed E-state index contributed by atoms with van der Waals surface area (Å²) < 4.78 is 32.1. The Kier molecular flexibility index (Phi) is 6.73. The van der Waals surface area contributed by atoms with Crippen LogP contribution in [-0.2, 0) is 21.3 Å². The molecular weight excluding hydrogens is 290 g/mol. The largest absolute Gasteiger partial charge is 0.385 e. The standard InChI is InChI=1S/C14H25N3O3S/c1-14(2,7-8-20-4)11-17-21(18,19)13-6-5-12(9-15-3)10-16-13/h5-6,10,15,17H,7-9,11H2,1-4H3. The molecule has 7 heteroatoms. The molecule has 120 valence electrons. The zero-order valence-electron chi connectivity index (χ0n) is 13.1. The van der Waals surface area contributed by atoms with Gasteiger partial charge in [-0.1, -0.05) is 19.9 Å². The average Bonchev–Trinajstić information content (AvgIpc) is 2.44. The van der Waals surface area contributed by atoms with Crippen LogP contribution >= 0.6 is 0 Å². The van der Waals surface area contributed by atoms with Gasteiger partial charge < -0.3 is 10.1 Å². The smallest absolute Gasteiger partial charge is 0.258 e. The van der Waals surface area contributed by atoms with E-state index in [-0.39, 0.29) is 10.4 Å². The van der Waals surface area contributed by atoms with E-state index >= 15 is 0 Å². The van der Waals surface area contributed by atoms with Gasteiger partial charge in [-0.25, -0.2) is 18.1 Å². The van der Waals surface area contributed by atoms with E-state index in [1.807, 2.05) is 20.9 Å². The summed E-state index contributed by atoms with van der Waals surface area (Å²) in [5, 5.41) is 3.04. The van der Waals surface area contributed by atoms with Gasteiger partial charge in [-0.15, -0.1) is 0 Å². The zero-order chi connectivity index (χ0) is 15.9. The minimum atomic E-state index is -3.57. The number of methoxy groups -OCH3 is 1. The van der Waals surface area contributed by atoms with E-state index in [0.29, 0.717) is 19.7 Å². The highest BCUT2D eigenvalue weighted by molar-refractivity contribution is 7.89. The van der Waals surface area contributed by atoms with Crippen LogP contribution < -0.4 is 10.0 Å². The van der Waals surface area contributed by atoms with Crippen LogP contribution in [0.3, 0.4) is 0 Å². The summed E-state index contributed by atoms with van der Waals surface area (Å²) in [4.78, 5) is 4.02. The number of nitrogens with one attached hydrogen (secondary N) is 2. The van der Waals surface area contributed by atoms with E-state index in [1.165, 1.54) is 6.07 Å². The van der Waals surface area contributed by atoms with E-state index in [2.05, 4.69) is 15.0 Å². The fourth-order valence-corrected chi connectivity index (χ4v) is 2.88. The molecule has 0 fully saturated rings. The molecule has 0 spiro atoms. The summed E-state index contributed by atoms with van der Waals surface area (Å²) in [6.07, 6.45) is 2.35. The maximum atomic E-state index is 12.2. The second kappa shape index (κ2) is 7.84. The summed E-state index contributed by atoms with van der Waals surface area (Å²) in [7, 11) is -0.109. The molecule has 0 aliphatic carbocycles. The maximum Gasteiger partial charge on any atom is 0.258 e. The molecule has 0 saturated heterocycles. The highest BCUT2D eigenvalue weighted by Gasteiger charge is 2.22. The summed E-state index contributed by atoms with van der Waals surface area (Å²) >= 11 is 0. The first-order chi connectivity index (χ1) is 9.80. The van der Waals surface area contributed by atoms with Crippen LogP contribution in [0.25, 0.3) is 0 Å². The van der Waals surface area contributed by atoms with Gasteiger partial charge in [0.2, 0.25) is 0 Å². The summed E-state index contributed by atoms with van der Waals surface area (Å²) in [5.74, 6) is 0. The molecule has 0 amide bonds. The van der Waals surface area contributed by atoms with Gasteiger partial charge in [-0.05, 0) is 30.5 Å². The van der Waals surface area contributed by atoms with E-state index in [0.717, 1.165) is 12.0 Å². The lowest BCUT2D eigenvalue weighted by Gasteiger charge is -2.24. The number of hydrogen-bond donors (Lipinski definition) is 2. The maximum absolute atomic E-state index is 12.2. The minimum Gasteiger partial charge on any atom is -0.385 e. The molecule has 21 heavy (non-hydrogen) atoms. The molecule has 0 radical (unpaired) electrons. The Hall–Kier alpha value is -1.02. The Morgan fingerprint density at radius 2 is 2.05 bits per heavy atom. The Bertz CT molecular complexity index is 527. The van der Waals surface area contributed by atoms with Crippen LogP contribution in [0.5, 0.6) is 0 Å². The van der Waals surface area contributed by atoms with Crippen molar-refractivity contribution in [3.05, 3.63) is 23.9 Å². The summed E-state index contributed by atoms with van der Waals surface area (Å²) in [6, 6.07) is 3.28. The molecule has 1 rings (SSSR count). The van der Waals surface area contributed by atoms with E-state index < -0.39 is 10.0 Å². The monoisotopic (exact) mass is 315 g/mol. The number of aromatic nitrogens is 1.